The molecule has 2 heterocycles. The normalized spacial score (nSPS) is 11.4. The molecule has 34 heavy (non-hydrogen) atoms. The average molecular weight is 530 g/mol. The molecule has 0 spiro atoms. The highest BCUT2D eigenvalue weighted by atomic mass is 79.9. The topological polar surface area (TPSA) is 66.2 Å². The van der Waals surface area contributed by atoms with Crippen molar-refractivity contribution in [1.29, 1.82) is 0 Å². The zero-order chi connectivity index (χ0) is 24.6. The molecule has 0 radical (unpaired) electrons. The third-order valence-corrected chi connectivity index (χ3v) is 5.77. The van der Waals surface area contributed by atoms with E-state index in [2.05, 4.69) is 25.9 Å². The van der Waals surface area contributed by atoms with E-state index in [-0.39, 0.29) is 22.3 Å². The van der Waals surface area contributed by atoms with Crippen LogP contribution in [0.5, 0.6) is 0 Å². The monoisotopic (exact) mass is 529 g/mol. The Kier molecular flexibility index (Phi) is 6.01. The number of alkyl halides is 4. The van der Waals surface area contributed by atoms with Crippen molar-refractivity contribution in [2.45, 2.75) is 11.5 Å². The second-order valence-corrected chi connectivity index (χ2v) is 7.80. The smallest absolute Gasteiger partial charge is 0.268 e. The van der Waals surface area contributed by atoms with E-state index in [0.717, 1.165) is 21.3 Å². The van der Waals surface area contributed by atoms with Gasteiger partial charge in [-0.25, -0.2) is 14.3 Å². The molecule has 2 aromatic heterocycles. The molecule has 0 fully saturated rings. The lowest BCUT2D eigenvalue weighted by atomic mass is 10.1. The standard InChI is InChI=1S/C23H15BrF3N5O2/c1-28-15-6-8-16(9-7-15)32-18(10-11-29-32)20-19(13-24)31(22(34)30(2)21(20)33)17-5-3-4-14(12-17)23(25,26)27/h3-12H,13H2,2H3. The quantitative estimate of drug-likeness (QED) is 0.280. The molecule has 7 nitrogen and oxygen atoms in total. The van der Waals surface area contributed by atoms with Crippen molar-refractivity contribution in [2.24, 2.45) is 7.05 Å². The molecule has 0 atom stereocenters. The summed E-state index contributed by atoms with van der Waals surface area (Å²) in [6, 6.07) is 12.4. The zero-order valence-electron chi connectivity index (χ0n) is 17.5. The van der Waals surface area contributed by atoms with E-state index in [0.29, 0.717) is 17.1 Å². The van der Waals surface area contributed by atoms with Crippen molar-refractivity contribution < 1.29 is 13.2 Å². The van der Waals surface area contributed by atoms with E-state index in [4.69, 9.17) is 6.57 Å². The molecule has 0 aliphatic carbocycles. The second-order valence-electron chi connectivity index (χ2n) is 7.24. The van der Waals surface area contributed by atoms with Crippen LogP contribution in [0.1, 0.15) is 11.3 Å². The Labute approximate surface area is 199 Å². The van der Waals surface area contributed by atoms with Gasteiger partial charge in [-0.3, -0.25) is 13.9 Å². The summed E-state index contributed by atoms with van der Waals surface area (Å²) in [5.41, 5.74) is -0.755. The first-order valence-electron chi connectivity index (χ1n) is 9.78. The first kappa shape index (κ1) is 23.3. The molecular formula is C23H15BrF3N5O2. The molecule has 0 saturated carbocycles. The summed E-state index contributed by atoms with van der Waals surface area (Å²) in [4.78, 5) is 29.6. The Hall–Kier alpha value is -3.91. The first-order valence-corrected chi connectivity index (χ1v) is 10.9. The molecule has 172 valence electrons. The lowest BCUT2D eigenvalue weighted by Gasteiger charge is -2.18. The Balaban J connectivity index is 2.02. The maximum Gasteiger partial charge on any atom is 0.416 e. The van der Waals surface area contributed by atoms with E-state index in [1.165, 1.54) is 30.1 Å². The molecular weight excluding hydrogens is 515 g/mol. The Morgan fingerprint density at radius 2 is 1.76 bits per heavy atom. The molecule has 2 aromatic carbocycles. The predicted molar refractivity (Wildman–Crippen MR) is 124 cm³/mol. The molecule has 0 aliphatic heterocycles. The Bertz CT molecular complexity index is 1540. The number of benzene rings is 2. The van der Waals surface area contributed by atoms with E-state index in [1.807, 2.05) is 0 Å². The molecule has 4 aromatic rings. The highest BCUT2D eigenvalue weighted by molar-refractivity contribution is 9.08. The lowest BCUT2D eigenvalue weighted by molar-refractivity contribution is -0.137. The summed E-state index contributed by atoms with van der Waals surface area (Å²) in [6.45, 7) is 7.10. The fourth-order valence-corrected chi connectivity index (χ4v) is 4.12. The Morgan fingerprint density at radius 1 is 1.06 bits per heavy atom. The highest BCUT2D eigenvalue weighted by Crippen LogP contribution is 2.31. The van der Waals surface area contributed by atoms with Gasteiger partial charge in [-0.1, -0.05) is 34.1 Å². The van der Waals surface area contributed by atoms with Crippen LogP contribution in [0.3, 0.4) is 0 Å². The van der Waals surface area contributed by atoms with Crippen molar-refractivity contribution in [2.75, 3.05) is 0 Å². The maximum absolute atomic E-state index is 13.3. The number of nitrogens with zero attached hydrogens (tertiary/aromatic N) is 5. The number of aromatic nitrogens is 4. The van der Waals surface area contributed by atoms with E-state index in [9.17, 15) is 22.8 Å². The van der Waals surface area contributed by atoms with Gasteiger partial charge in [0.2, 0.25) is 0 Å². The predicted octanol–water partition coefficient (Wildman–Crippen LogP) is 4.85. The Morgan fingerprint density at radius 3 is 2.38 bits per heavy atom. The van der Waals surface area contributed by atoms with Gasteiger partial charge in [-0.15, -0.1) is 0 Å². The SMILES string of the molecule is [C-]#[N+]c1ccc(-n2nccc2-c2c(CBr)n(-c3cccc(C(F)(F)F)c3)c(=O)n(C)c2=O)cc1. The fourth-order valence-electron chi connectivity index (χ4n) is 3.59. The zero-order valence-corrected chi connectivity index (χ0v) is 19.1. The number of hydrogen-bond donors (Lipinski definition) is 0. The minimum absolute atomic E-state index is 0.00569. The van der Waals surface area contributed by atoms with E-state index in [1.54, 1.807) is 30.3 Å². The molecule has 0 unspecified atom stereocenters. The second kappa shape index (κ2) is 8.79. The molecule has 4 rings (SSSR count). The van der Waals surface area contributed by atoms with E-state index < -0.39 is 23.0 Å². The molecule has 11 heteroatoms. The summed E-state index contributed by atoms with van der Waals surface area (Å²) in [5.74, 6) is 0. The van der Waals surface area contributed by atoms with Crippen LogP contribution < -0.4 is 11.2 Å². The molecule has 0 amide bonds. The van der Waals surface area contributed by atoms with Crippen molar-refractivity contribution in [1.82, 2.24) is 18.9 Å². The van der Waals surface area contributed by atoms with Gasteiger partial charge in [-0.05, 0) is 36.4 Å². The highest BCUT2D eigenvalue weighted by Gasteiger charge is 2.31. The van der Waals surface area contributed by atoms with Gasteiger partial charge in [0, 0.05) is 12.4 Å². The summed E-state index contributed by atoms with van der Waals surface area (Å²) in [5, 5.41) is 4.28. The van der Waals surface area contributed by atoms with Crippen molar-refractivity contribution in [3.05, 3.63) is 104 Å². The van der Waals surface area contributed by atoms with Crippen LogP contribution in [-0.4, -0.2) is 18.9 Å². The fraction of sp³-hybridized carbons (Fsp3) is 0.130. The van der Waals surface area contributed by atoms with Gasteiger partial charge in [0.25, 0.3) is 5.56 Å². The first-order chi connectivity index (χ1) is 16.2. The lowest BCUT2D eigenvalue weighted by Crippen LogP contribution is -2.40. The summed E-state index contributed by atoms with van der Waals surface area (Å²) in [7, 11) is 1.27. The number of halogens is 4. The molecule has 0 bridgehead atoms. The maximum atomic E-state index is 13.3. The summed E-state index contributed by atoms with van der Waals surface area (Å²) >= 11 is 3.30. The van der Waals surface area contributed by atoms with Crippen molar-refractivity contribution in [3.8, 4) is 22.6 Å². The van der Waals surface area contributed by atoms with Crippen LogP contribution in [-0.2, 0) is 18.6 Å². The van der Waals surface area contributed by atoms with Crippen LogP contribution in [0, 0.1) is 6.57 Å². The van der Waals surface area contributed by atoms with Crippen LogP contribution in [0.2, 0.25) is 0 Å². The minimum atomic E-state index is -4.60. The summed E-state index contributed by atoms with van der Waals surface area (Å²) < 4.78 is 43.4. The van der Waals surface area contributed by atoms with Crippen LogP contribution in [0.15, 0.2) is 70.4 Å². The number of rotatable bonds is 4. The van der Waals surface area contributed by atoms with Crippen molar-refractivity contribution in [3.63, 3.8) is 0 Å². The molecule has 0 saturated heterocycles. The third kappa shape index (κ3) is 3.97. The van der Waals surface area contributed by atoms with Crippen molar-refractivity contribution >= 4 is 21.6 Å². The molecule has 0 aliphatic rings. The van der Waals surface area contributed by atoms with Gasteiger partial charge in [0.05, 0.1) is 46.7 Å². The molecule has 0 N–H and O–H groups in total. The minimum Gasteiger partial charge on any atom is -0.268 e. The summed E-state index contributed by atoms with van der Waals surface area (Å²) in [6.07, 6.45) is -3.14. The van der Waals surface area contributed by atoms with Gasteiger partial charge >= 0.3 is 11.9 Å². The van der Waals surface area contributed by atoms with Gasteiger partial charge in [0.1, 0.15) is 0 Å². The van der Waals surface area contributed by atoms with Crippen LogP contribution >= 0.6 is 15.9 Å². The van der Waals surface area contributed by atoms with Gasteiger partial charge in [-0.2, -0.15) is 18.3 Å². The third-order valence-electron chi connectivity index (χ3n) is 5.24. The average Bonchev–Trinajstić information content (AvgIpc) is 3.31. The van der Waals surface area contributed by atoms with Crippen LogP contribution in [0.25, 0.3) is 27.5 Å². The number of hydrogen-bond acceptors (Lipinski definition) is 3. The van der Waals surface area contributed by atoms with Gasteiger partial charge in [0.15, 0.2) is 5.69 Å². The largest absolute Gasteiger partial charge is 0.416 e. The van der Waals surface area contributed by atoms with Gasteiger partial charge < -0.3 is 0 Å². The van der Waals surface area contributed by atoms with E-state index >= 15 is 0 Å². The van der Waals surface area contributed by atoms with Crippen LogP contribution in [0.4, 0.5) is 18.9 Å².